The van der Waals surface area contributed by atoms with Crippen LogP contribution in [0.2, 0.25) is 0 Å². The highest BCUT2D eigenvalue weighted by Crippen LogP contribution is 2.15. The standard InChI is InChI=1S/C15H29F2N3O2/c1-14(2,3)22-13(21)19-11-15(16,17)10-18-9-12-7-5-6-8-20(12)4/h12,18H,5-11H2,1-4H3,(H,19,21). The van der Waals surface area contributed by atoms with Crippen LogP contribution in [0.15, 0.2) is 0 Å². The van der Waals surface area contributed by atoms with Crippen LogP contribution in [0, 0.1) is 0 Å². The van der Waals surface area contributed by atoms with E-state index < -0.39 is 30.7 Å². The van der Waals surface area contributed by atoms with Crippen molar-refractivity contribution in [3.8, 4) is 0 Å². The molecule has 0 saturated carbocycles. The van der Waals surface area contributed by atoms with E-state index in [1.165, 1.54) is 6.42 Å². The van der Waals surface area contributed by atoms with Crippen LogP contribution in [0.5, 0.6) is 0 Å². The van der Waals surface area contributed by atoms with Crippen molar-refractivity contribution in [1.29, 1.82) is 0 Å². The summed E-state index contributed by atoms with van der Waals surface area (Å²) < 4.78 is 32.4. The lowest BCUT2D eigenvalue weighted by molar-refractivity contribution is -0.00488. The Morgan fingerprint density at radius 3 is 2.55 bits per heavy atom. The summed E-state index contributed by atoms with van der Waals surface area (Å²) >= 11 is 0. The van der Waals surface area contributed by atoms with Gasteiger partial charge in [0.1, 0.15) is 5.60 Å². The van der Waals surface area contributed by atoms with Crippen molar-refractivity contribution in [3.05, 3.63) is 0 Å². The largest absolute Gasteiger partial charge is 0.444 e. The SMILES string of the molecule is CN1CCCCC1CNCC(F)(F)CNC(=O)OC(C)(C)C. The number of rotatable bonds is 6. The lowest BCUT2D eigenvalue weighted by atomic mass is 10.0. The molecule has 1 aliphatic rings. The molecule has 0 aromatic rings. The van der Waals surface area contributed by atoms with Crippen molar-refractivity contribution in [1.82, 2.24) is 15.5 Å². The normalized spacial score (nSPS) is 20.7. The molecular formula is C15H29F2N3O2. The number of hydrogen-bond acceptors (Lipinski definition) is 4. The highest BCUT2D eigenvalue weighted by atomic mass is 19.3. The number of alkyl carbamates (subject to hydrolysis) is 1. The molecule has 0 aromatic carbocycles. The van der Waals surface area contributed by atoms with Crippen LogP contribution in [0.25, 0.3) is 0 Å². The van der Waals surface area contributed by atoms with Gasteiger partial charge in [0.25, 0.3) is 5.92 Å². The molecule has 0 aliphatic carbocycles. The molecule has 1 atom stereocenters. The Balaban J connectivity index is 2.24. The molecule has 130 valence electrons. The fourth-order valence-electron chi connectivity index (χ4n) is 2.40. The van der Waals surface area contributed by atoms with Crippen LogP contribution in [0.4, 0.5) is 13.6 Å². The fraction of sp³-hybridized carbons (Fsp3) is 0.933. The minimum absolute atomic E-state index is 0.309. The van der Waals surface area contributed by atoms with Crippen molar-refractivity contribution in [2.24, 2.45) is 0 Å². The lowest BCUT2D eigenvalue weighted by Crippen LogP contribution is -2.48. The molecule has 0 bridgehead atoms. The second-order valence-electron chi connectivity index (χ2n) is 6.97. The van der Waals surface area contributed by atoms with Gasteiger partial charge in [-0.15, -0.1) is 0 Å². The molecule has 5 nitrogen and oxygen atoms in total. The number of nitrogens with one attached hydrogen (secondary N) is 2. The van der Waals surface area contributed by atoms with E-state index in [1.807, 2.05) is 7.05 Å². The number of likely N-dealkylation sites (tertiary alicyclic amines) is 1. The van der Waals surface area contributed by atoms with Gasteiger partial charge in [0.15, 0.2) is 0 Å². The first kappa shape index (κ1) is 19.1. The molecule has 1 aliphatic heterocycles. The number of carbonyl (C=O) groups is 1. The molecule has 7 heteroatoms. The predicted molar refractivity (Wildman–Crippen MR) is 82.3 cm³/mol. The monoisotopic (exact) mass is 321 g/mol. The van der Waals surface area contributed by atoms with Crippen LogP contribution in [0.3, 0.4) is 0 Å². The number of hydrogen-bond donors (Lipinski definition) is 2. The summed E-state index contributed by atoms with van der Waals surface area (Å²) in [4.78, 5) is 13.6. The molecule has 0 aromatic heterocycles. The number of piperidine rings is 1. The maximum atomic E-state index is 13.7. The van der Waals surface area contributed by atoms with E-state index >= 15 is 0 Å². The average molecular weight is 321 g/mol. The Bertz CT molecular complexity index is 359. The number of ether oxygens (including phenoxy) is 1. The van der Waals surface area contributed by atoms with Crippen LogP contribution in [0.1, 0.15) is 40.0 Å². The summed E-state index contributed by atoms with van der Waals surface area (Å²) in [5.41, 5.74) is -0.691. The highest BCUT2D eigenvalue weighted by molar-refractivity contribution is 5.67. The molecule has 0 radical (unpaired) electrons. The maximum Gasteiger partial charge on any atom is 0.407 e. The van der Waals surface area contributed by atoms with E-state index in [1.54, 1.807) is 20.8 Å². The first-order valence-corrected chi connectivity index (χ1v) is 7.85. The van der Waals surface area contributed by atoms with Crippen molar-refractivity contribution >= 4 is 6.09 Å². The van der Waals surface area contributed by atoms with Gasteiger partial charge >= 0.3 is 6.09 Å². The predicted octanol–water partition coefficient (Wildman–Crippen LogP) is 2.22. The van der Waals surface area contributed by atoms with E-state index in [2.05, 4.69) is 15.5 Å². The zero-order chi connectivity index (χ0) is 16.8. The summed E-state index contributed by atoms with van der Waals surface area (Å²) in [7, 11) is 2.02. The number of carbonyl (C=O) groups excluding carboxylic acids is 1. The number of amides is 1. The summed E-state index contributed by atoms with van der Waals surface area (Å²) in [5.74, 6) is -3.00. The molecule has 1 saturated heterocycles. The Morgan fingerprint density at radius 1 is 1.27 bits per heavy atom. The van der Waals surface area contributed by atoms with Gasteiger partial charge in [-0.2, -0.15) is 0 Å². The molecule has 1 fully saturated rings. The topological polar surface area (TPSA) is 53.6 Å². The zero-order valence-electron chi connectivity index (χ0n) is 14.0. The van der Waals surface area contributed by atoms with Gasteiger partial charge in [0, 0.05) is 12.6 Å². The Labute approximate surface area is 131 Å². The Hall–Kier alpha value is -0.950. The molecule has 2 N–H and O–H groups in total. The van der Waals surface area contributed by atoms with Gasteiger partial charge in [0.05, 0.1) is 13.1 Å². The van der Waals surface area contributed by atoms with Crippen molar-refractivity contribution < 1.29 is 18.3 Å². The Kier molecular flexibility index (Phi) is 6.99. The summed E-state index contributed by atoms with van der Waals surface area (Å²) in [6.07, 6.45) is 2.53. The van der Waals surface area contributed by atoms with Crippen LogP contribution in [-0.2, 0) is 4.74 Å². The first-order valence-electron chi connectivity index (χ1n) is 7.85. The lowest BCUT2D eigenvalue weighted by Gasteiger charge is -2.33. The zero-order valence-corrected chi connectivity index (χ0v) is 14.0. The average Bonchev–Trinajstić information content (AvgIpc) is 2.37. The molecule has 1 heterocycles. The van der Waals surface area contributed by atoms with Gasteiger partial charge < -0.3 is 20.3 Å². The third-order valence-corrected chi connectivity index (χ3v) is 3.58. The van der Waals surface area contributed by atoms with E-state index in [4.69, 9.17) is 4.74 Å². The molecule has 22 heavy (non-hydrogen) atoms. The quantitative estimate of drug-likeness (QED) is 0.788. The van der Waals surface area contributed by atoms with Gasteiger partial charge in [-0.1, -0.05) is 6.42 Å². The van der Waals surface area contributed by atoms with Crippen molar-refractivity contribution in [3.63, 3.8) is 0 Å². The van der Waals surface area contributed by atoms with Gasteiger partial charge in [0.2, 0.25) is 0 Å². The summed E-state index contributed by atoms with van der Waals surface area (Å²) in [5, 5.41) is 4.93. The third kappa shape index (κ3) is 7.89. The molecule has 1 rings (SSSR count). The fourth-order valence-corrected chi connectivity index (χ4v) is 2.40. The van der Waals surface area contributed by atoms with E-state index in [0.717, 1.165) is 19.4 Å². The summed E-state index contributed by atoms with van der Waals surface area (Å²) in [6.45, 7) is 5.44. The van der Waals surface area contributed by atoms with E-state index in [0.29, 0.717) is 12.6 Å². The number of alkyl halides is 2. The Morgan fingerprint density at radius 2 is 1.95 bits per heavy atom. The van der Waals surface area contributed by atoms with Crippen LogP contribution < -0.4 is 10.6 Å². The van der Waals surface area contributed by atoms with E-state index in [-0.39, 0.29) is 0 Å². The van der Waals surface area contributed by atoms with Crippen molar-refractivity contribution in [2.45, 2.75) is 57.6 Å². The molecule has 1 amide bonds. The van der Waals surface area contributed by atoms with Gasteiger partial charge in [-0.3, -0.25) is 0 Å². The van der Waals surface area contributed by atoms with E-state index in [9.17, 15) is 13.6 Å². The second-order valence-corrected chi connectivity index (χ2v) is 6.97. The number of nitrogens with zero attached hydrogens (tertiary/aromatic N) is 1. The highest BCUT2D eigenvalue weighted by Gasteiger charge is 2.30. The molecule has 0 spiro atoms. The van der Waals surface area contributed by atoms with Crippen LogP contribution >= 0.6 is 0 Å². The first-order chi connectivity index (χ1) is 10.1. The van der Waals surface area contributed by atoms with Crippen molar-refractivity contribution in [2.75, 3.05) is 33.2 Å². The minimum atomic E-state index is -3.00. The van der Waals surface area contributed by atoms with Gasteiger partial charge in [-0.05, 0) is 47.2 Å². The van der Waals surface area contributed by atoms with Gasteiger partial charge in [-0.25, -0.2) is 13.6 Å². The molecular weight excluding hydrogens is 292 g/mol. The maximum absolute atomic E-state index is 13.7. The summed E-state index contributed by atoms with van der Waals surface area (Å²) in [6, 6.07) is 0.309. The smallest absolute Gasteiger partial charge is 0.407 e. The number of likely N-dealkylation sites (N-methyl/N-ethyl adjacent to an activating group) is 1. The third-order valence-electron chi connectivity index (χ3n) is 3.58. The van der Waals surface area contributed by atoms with Crippen LogP contribution in [-0.4, -0.2) is 61.8 Å². The second kappa shape index (κ2) is 8.06. The minimum Gasteiger partial charge on any atom is -0.444 e. The molecule has 1 unspecified atom stereocenters. The number of halogens is 2.